The Hall–Kier alpha value is -1.44. The van der Waals surface area contributed by atoms with E-state index in [1.54, 1.807) is 36.1 Å². The highest BCUT2D eigenvalue weighted by Crippen LogP contribution is 2.37. The van der Waals surface area contributed by atoms with Crippen molar-refractivity contribution in [2.24, 2.45) is 0 Å². The third-order valence-corrected chi connectivity index (χ3v) is 5.99. The molecular formula is C16H16ClN3O2S2. The van der Waals surface area contributed by atoms with Crippen molar-refractivity contribution in [2.45, 2.75) is 42.3 Å². The van der Waals surface area contributed by atoms with Crippen LogP contribution in [-0.4, -0.2) is 33.2 Å². The lowest BCUT2D eigenvalue weighted by atomic mass is 10.1. The Kier molecular flexibility index (Phi) is 5.22. The van der Waals surface area contributed by atoms with E-state index in [9.17, 15) is 9.59 Å². The van der Waals surface area contributed by atoms with Gasteiger partial charge in [0.25, 0.3) is 0 Å². The molecule has 2 aromatic rings. The van der Waals surface area contributed by atoms with Crippen molar-refractivity contribution in [3.05, 3.63) is 34.9 Å². The lowest BCUT2D eigenvalue weighted by Gasteiger charge is -2.15. The number of carbonyl (C=O) groups excluding carboxylic acids is 2. The molecule has 1 atom stereocenters. The van der Waals surface area contributed by atoms with Gasteiger partial charge in [0.1, 0.15) is 0 Å². The summed E-state index contributed by atoms with van der Waals surface area (Å²) in [5, 5.41) is 9.16. The maximum Gasteiger partial charge on any atom is 0.225 e. The summed E-state index contributed by atoms with van der Waals surface area (Å²) in [6.45, 7) is 3.38. The molecule has 1 unspecified atom stereocenters. The predicted octanol–water partition coefficient (Wildman–Crippen LogP) is 4.07. The normalized spacial score (nSPS) is 15.1. The summed E-state index contributed by atoms with van der Waals surface area (Å²) < 4.78 is 0.687. The number of hydrogen-bond acceptors (Lipinski definition) is 6. The third-order valence-electron chi connectivity index (χ3n) is 3.63. The van der Waals surface area contributed by atoms with Gasteiger partial charge in [0.2, 0.25) is 11.0 Å². The van der Waals surface area contributed by atoms with Gasteiger partial charge in [0.15, 0.2) is 10.1 Å². The van der Waals surface area contributed by atoms with Crippen LogP contribution in [0.25, 0.3) is 0 Å². The smallest absolute Gasteiger partial charge is 0.225 e. The van der Waals surface area contributed by atoms with Gasteiger partial charge < -0.3 is 0 Å². The molecule has 5 nitrogen and oxygen atoms in total. The van der Waals surface area contributed by atoms with Crippen LogP contribution >= 0.6 is 34.7 Å². The fourth-order valence-corrected chi connectivity index (χ4v) is 4.59. The minimum Gasteiger partial charge on any atom is -0.293 e. The van der Waals surface area contributed by atoms with Crippen molar-refractivity contribution in [1.29, 1.82) is 0 Å². The van der Waals surface area contributed by atoms with E-state index in [1.165, 1.54) is 23.1 Å². The Labute approximate surface area is 153 Å². The Bertz CT molecular complexity index is 759. The van der Waals surface area contributed by atoms with Gasteiger partial charge in [0.05, 0.1) is 5.25 Å². The van der Waals surface area contributed by atoms with Crippen LogP contribution in [0.5, 0.6) is 0 Å². The van der Waals surface area contributed by atoms with Crippen LogP contribution in [0.1, 0.15) is 37.0 Å². The van der Waals surface area contributed by atoms with Gasteiger partial charge in [-0.15, -0.1) is 10.2 Å². The number of thioether (sulfide) groups is 1. The van der Waals surface area contributed by atoms with E-state index < -0.39 is 0 Å². The number of benzene rings is 1. The highest BCUT2D eigenvalue weighted by atomic mass is 35.5. The lowest BCUT2D eigenvalue weighted by Crippen LogP contribution is -2.30. The number of ketones is 1. The quantitative estimate of drug-likeness (QED) is 0.428. The summed E-state index contributed by atoms with van der Waals surface area (Å²) >= 11 is 8.56. The fraction of sp³-hybridized carbons (Fsp3) is 0.375. The molecule has 0 aliphatic heterocycles. The molecule has 8 heteroatoms. The van der Waals surface area contributed by atoms with Crippen molar-refractivity contribution < 1.29 is 9.59 Å². The topological polar surface area (TPSA) is 63.2 Å². The molecule has 0 N–H and O–H groups in total. The Morgan fingerprint density at radius 2 is 1.96 bits per heavy atom. The van der Waals surface area contributed by atoms with Gasteiger partial charge in [-0.25, -0.2) is 0 Å². The zero-order valence-electron chi connectivity index (χ0n) is 13.2. The summed E-state index contributed by atoms with van der Waals surface area (Å²) in [6.07, 6.45) is 2.01. The van der Waals surface area contributed by atoms with Crippen LogP contribution in [0.4, 0.5) is 5.13 Å². The van der Waals surface area contributed by atoms with E-state index in [-0.39, 0.29) is 23.0 Å². The average molecular weight is 382 g/mol. The lowest BCUT2D eigenvalue weighted by molar-refractivity contribution is -0.116. The Morgan fingerprint density at radius 3 is 2.54 bits per heavy atom. The second-order valence-electron chi connectivity index (χ2n) is 5.60. The van der Waals surface area contributed by atoms with Gasteiger partial charge in [-0.2, -0.15) is 0 Å². The number of Topliss-reactive ketones (excluding diaryl/α,β-unsaturated/α-hetero) is 1. The Morgan fingerprint density at radius 1 is 1.29 bits per heavy atom. The minimum absolute atomic E-state index is 0.0130. The van der Waals surface area contributed by atoms with Gasteiger partial charge in [0, 0.05) is 23.6 Å². The summed E-state index contributed by atoms with van der Waals surface area (Å²) in [4.78, 5) is 25.9. The van der Waals surface area contributed by atoms with Gasteiger partial charge >= 0.3 is 0 Å². The van der Waals surface area contributed by atoms with Crippen molar-refractivity contribution in [3.8, 4) is 0 Å². The number of hydrogen-bond donors (Lipinski definition) is 0. The molecule has 1 heterocycles. The summed E-state index contributed by atoms with van der Waals surface area (Å²) in [5.41, 5.74) is 0.618. The first-order valence-corrected chi connectivity index (χ1v) is 9.63. The Balaban J connectivity index is 1.68. The van der Waals surface area contributed by atoms with Crippen LogP contribution in [0.15, 0.2) is 28.6 Å². The maximum absolute atomic E-state index is 12.5. The van der Waals surface area contributed by atoms with Crippen LogP contribution in [0.2, 0.25) is 5.02 Å². The number of rotatable bonds is 6. The molecule has 126 valence electrons. The number of nitrogens with zero attached hydrogens (tertiary/aromatic N) is 3. The van der Waals surface area contributed by atoms with Crippen molar-refractivity contribution in [3.63, 3.8) is 0 Å². The first kappa shape index (κ1) is 17.4. The summed E-state index contributed by atoms with van der Waals surface area (Å²) in [7, 11) is 0. The molecule has 0 saturated heterocycles. The second-order valence-corrected chi connectivity index (χ2v) is 8.58. The zero-order valence-corrected chi connectivity index (χ0v) is 15.6. The molecule has 1 amide bonds. The average Bonchev–Trinajstić information content (AvgIpc) is 3.26. The molecule has 0 bridgehead atoms. The van der Waals surface area contributed by atoms with Gasteiger partial charge in [-0.05, 0) is 44.0 Å². The SMILES string of the molecule is CC(=O)N(c1nnc(SC(C)C(=O)c2ccc(Cl)cc2)s1)C1CC1. The molecule has 0 radical (unpaired) electrons. The first-order chi connectivity index (χ1) is 11.5. The number of anilines is 1. The minimum atomic E-state index is -0.293. The molecule has 1 aliphatic rings. The summed E-state index contributed by atoms with van der Waals surface area (Å²) in [5.74, 6) is -0.00507. The van der Waals surface area contributed by atoms with Gasteiger partial charge in [-0.1, -0.05) is 34.7 Å². The fourth-order valence-electron chi connectivity index (χ4n) is 2.28. The van der Waals surface area contributed by atoms with E-state index >= 15 is 0 Å². The van der Waals surface area contributed by atoms with Crippen molar-refractivity contribution in [2.75, 3.05) is 4.90 Å². The van der Waals surface area contributed by atoms with Crippen LogP contribution in [-0.2, 0) is 4.79 Å². The molecule has 24 heavy (non-hydrogen) atoms. The van der Waals surface area contributed by atoms with E-state index in [0.717, 1.165) is 12.8 Å². The van der Waals surface area contributed by atoms with Crippen molar-refractivity contribution in [1.82, 2.24) is 10.2 Å². The molecule has 1 saturated carbocycles. The molecular weight excluding hydrogens is 366 g/mol. The number of amides is 1. The van der Waals surface area contributed by atoms with Crippen LogP contribution in [0, 0.1) is 0 Å². The largest absolute Gasteiger partial charge is 0.293 e. The number of halogens is 1. The highest BCUT2D eigenvalue weighted by Gasteiger charge is 2.34. The number of aromatic nitrogens is 2. The molecule has 1 aromatic heterocycles. The maximum atomic E-state index is 12.5. The van der Waals surface area contributed by atoms with E-state index in [0.29, 0.717) is 20.1 Å². The predicted molar refractivity (Wildman–Crippen MR) is 97.2 cm³/mol. The van der Waals surface area contributed by atoms with E-state index in [2.05, 4.69) is 10.2 Å². The zero-order chi connectivity index (χ0) is 17.3. The molecule has 1 aromatic carbocycles. The summed E-state index contributed by atoms with van der Waals surface area (Å²) in [6, 6.07) is 7.10. The molecule has 1 aliphatic carbocycles. The molecule has 1 fully saturated rings. The second kappa shape index (κ2) is 7.21. The molecule has 0 spiro atoms. The van der Waals surface area contributed by atoms with Crippen LogP contribution in [0.3, 0.4) is 0 Å². The third kappa shape index (κ3) is 3.96. The molecule has 3 rings (SSSR count). The number of carbonyl (C=O) groups is 2. The monoisotopic (exact) mass is 381 g/mol. The van der Waals surface area contributed by atoms with Crippen LogP contribution < -0.4 is 4.90 Å². The van der Waals surface area contributed by atoms with E-state index in [4.69, 9.17) is 11.6 Å². The van der Waals surface area contributed by atoms with E-state index in [1.807, 2.05) is 6.92 Å². The first-order valence-electron chi connectivity index (χ1n) is 7.55. The highest BCUT2D eigenvalue weighted by molar-refractivity contribution is 8.02. The van der Waals surface area contributed by atoms with Gasteiger partial charge in [-0.3, -0.25) is 14.5 Å². The standard InChI is InChI=1S/C16H16ClN3O2S2/c1-9(14(22)11-3-5-12(17)6-4-11)23-16-19-18-15(24-16)20(10(2)21)13-7-8-13/h3-6,9,13H,7-8H2,1-2H3. The van der Waals surface area contributed by atoms with Crippen molar-refractivity contribution >= 4 is 51.5 Å².